The van der Waals surface area contributed by atoms with Crippen molar-refractivity contribution in [1.82, 2.24) is 4.98 Å². The Morgan fingerprint density at radius 2 is 1.86 bits per heavy atom. The molecule has 1 aromatic carbocycles. The molecule has 0 unspecified atom stereocenters. The first-order chi connectivity index (χ1) is 13.3. The standard InChI is InChI=1S/C20H23FN4O3/c1-12-10-25(11-13(2)28-12)19-7-4-15(9-22-19)20(27)24-16-5-6-17(21)18(8-16)23-14(3)26/h4-9,12-13H,10-11H2,1-3H3,(H,23,26)(H,24,27)/t12-,13-/m0/s1. The van der Waals surface area contributed by atoms with Crippen LogP contribution in [0.1, 0.15) is 31.1 Å². The molecule has 1 fully saturated rings. The number of hydrogen-bond acceptors (Lipinski definition) is 5. The molecule has 0 spiro atoms. The van der Waals surface area contributed by atoms with Crippen LogP contribution in [0.2, 0.25) is 0 Å². The smallest absolute Gasteiger partial charge is 0.257 e. The van der Waals surface area contributed by atoms with Crippen LogP contribution in [0.3, 0.4) is 0 Å². The first-order valence-corrected chi connectivity index (χ1v) is 9.07. The van der Waals surface area contributed by atoms with Gasteiger partial charge in [0.1, 0.15) is 11.6 Å². The average Bonchev–Trinajstić information content (AvgIpc) is 2.63. The molecule has 1 saturated heterocycles. The lowest BCUT2D eigenvalue weighted by Crippen LogP contribution is -2.45. The summed E-state index contributed by atoms with van der Waals surface area (Å²) in [5.41, 5.74) is 0.757. The number of aromatic nitrogens is 1. The Kier molecular flexibility index (Phi) is 5.89. The number of carbonyl (C=O) groups is 2. The van der Waals surface area contributed by atoms with Crippen molar-refractivity contribution in [1.29, 1.82) is 0 Å². The number of carbonyl (C=O) groups excluding carboxylic acids is 2. The van der Waals surface area contributed by atoms with Gasteiger partial charge < -0.3 is 20.3 Å². The van der Waals surface area contributed by atoms with Gasteiger partial charge in [0.25, 0.3) is 5.91 Å². The van der Waals surface area contributed by atoms with E-state index in [9.17, 15) is 14.0 Å². The van der Waals surface area contributed by atoms with E-state index in [1.807, 2.05) is 13.8 Å². The van der Waals surface area contributed by atoms with Crippen LogP contribution in [0.4, 0.5) is 21.6 Å². The Balaban J connectivity index is 1.69. The molecule has 2 heterocycles. The number of rotatable bonds is 4. The third-order valence-corrected chi connectivity index (χ3v) is 4.29. The van der Waals surface area contributed by atoms with Crippen molar-refractivity contribution in [2.45, 2.75) is 33.0 Å². The zero-order valence-corrected chi connectivity index (χ0v) is 16.0. The number of halogens is 1. The predicted molar refractivity (Wildman–Crippen MR) is 105 cm³/mol. The number of nitrogens with one attached hydrogen (secondary N) is 2. The van der Waals surface area contributed by atoms with Gasteiger partial charge in [0.2, 0.25) is 5.91 Å². The molecular formula is C20H23FN4O3. The van der Waals surface area contributed by atoms with Crippen LogP contribution < -0.4 is 15.5 Å². The van der Waals surface area contributed by atoms with Gasteiger partial charge in [-0.05, 0) is 44.2 Å². The maximum atomic E-state index is 13.7. The maximum Gasteiger partial charge on any atom is 0.257 e. The topological polar surface area (TPSA) is 83.6 Å². The van der Waals surface area contributed by atoms with Crippen molar-refractivity contribution in [3.05, 3.63) is 47.9 Å². The predicted octanol–water partition coefficient (Wildman–Crippen LogP) is 3.05. The molecule has 2 amide bonds. The number of nitrogens with zero attached hydrogens (tertiary/aromatic N) is 2. The minimum absolute atomic E-state index is 0.00864. The molecule has 0 saturated carbocycles. The van der Waals surface area contributed by atoms with E-state index in [1.54, 1.807) is 12.1 Å². The summed E-state index contributed by atoms with van der Waals surface area (Å²) in [6.07, 6.45) is 1.74. The van der Waals surface area contributed by atoms with E-state index in [0.717, 1.165) is 18.9 Å². The number of ether oxygens (including phenoxy) is 1. The lowest BCUT2D eigenvalue weighted by molar-refractivity contribution is -0.114. The summed E-state index contributed by atoms with van der Waals surface area (Å²) in [5, 5.41) is 5.07. The van der Waals surface area contributed by atoms with Crippen LogP contribution in [0.5, 0.6) is 0 Å². The van der Waals surface area contributed by atoms with Gasteiger partial charge in [-0.2, -0.15) is 0 Å². The van der Waals surface area contributed by atoms with E-state index in [2.05, 4.69) is 20.5 Å². The summed E-state index contributed by atoms with van der Waals surface area (Å²) in [7, 11) is 0. The van der Waals surface area contributed by atoms with Crippen LogP contribution >= 0.6 is 0 Å². The Morgan fingerprint density at radius 3 is 2.46 bits per heavy atom. The minimum Gasteiger partial charge on any atom is -0.372 e. The molecule has 148 valence electrons. The van der Waals surface area contributed by atoms with Crippen LogP contribution in [-0.4, -0.2) is 42.1 Å². The molecule has 0 aliphatic carbocycles. The van der Waals surface area contributed by atoms with Crippen LogP contribution in [0.25, 0.3) is 0 Å². The lowest BCUT2D eigenvalue weighted by Gasteiger charge is -2.36. The summed E-state index contributed by atoms with van der Waals surface area (Å²) in [6.45, 7) is 6.80. The number of morpholine rings is 1. The van der Waals surface area contributed by atoms with Crippen molar-refractivity contribution >= 4 is 29.0 Å². The number of benzene rings is 1. The van der Waals surface area contributed by atoms with Gasteiger partial charge in [0.05, 0.1) is 23.5 Å². The van der Waals surface area contributed by atoms with E-state index in [1.165, 1.54) is 31.3 Å². The summed E-state index contributed by atoms with van der Waals surface area (Å²) in [5.74, 6) is -0.557. The molecule has 3 rings (SSSR count). The van der Waals surface area contributed by atoms with Crippen LogP contribution in [-0.2, 0) is 9.53 Å². The monoisotopic (exact) mass is 386 g/mol. The Hall–Kier alpha value is -3.00. The van der Waals surface area contributed by atoms with Gasteiger partial charge in [-0.25, -0.2) is 9.37 Å². The van der Waals surface area contributed by atoms with Gasteiger partial charge >= 0.3 is 0 Å². The average molecular weight is 386 g/mol. The third-order valence-electron chi connectivity index (χ3n) is 4.29. The summed E-state index contributed by atoms with van der Waals surface area (Å²) in [4.78, 5) is 30.1. The summed E-state index contributed by atoms with van der Waals surface area (Å²) in [6, 6.07) is 7.47. The zero-order chi connectivity index (χ0) is 20.3. The second-order valence-electron chi connectivity index (χ2n) is 6.90. The zero-order valence-electron chi connectivity index (χ0n) is 16.0. The number of pyridine rings is 1. The molecule has 0 radical (unpaired) electrons. The van der Waals surface area contributed by atoms with Crippen LogP contribution in [0.15, 0.2) is 36.5 Å². The molecule has 2 aromatic rings. The fraction of sp³-hybridized carbons (Fsp3) is 0.350. The molecule has 1 aromatic heterocycles. The van der Waals surface area contributed by atoms with Gasteiger partial charge in [-0.15, -0.1) is 0 Å². The largest absolute Gasteiger partial charge is 0.372 e. The quantitative estimate of drug-likeness (QED) is 0.844. The van der Waals surface area contributed by atoms with Crippen molar-refractivity contribution in [2.75, 3.05) is 28.6 Å². The van der Waals surface area contributed by atoms with Crippen molar-refractivity contribution < 1.29 is 18.7 Å². The van der Waals surface area contributed by atoms with Gasteiger partial charge in [0, 0.05) is 31.9 Å². The molecule has 2 N–H and O–H groups in total. The third kappa shape index (κ3) is 4.83. The second kappa shape index (κ2) is 8.35. The van der Waals surface area contributed by atoms with Crippen LogP contribution in [0, 0.1) is 5.82 Å². The molecule has 8 heteroatoms. The van der Waals surface area contributed by atoms with E-state index in [0.29, 0.717) is 11.3 Å². The second-order valence-corrected chi connectivity index (χ2v) is 6.90. The van der Waals surface area contributed by atoms with Gasteiger partial charge in [-0.3, -0.25) is 9.59 Å². The van der Waals surface area contributed by atoms with Crippen molar-refractivity contribution in [3.63, 3.8) is 0 Å². The fourth-order valence-electron chi connectivity index (χ4n) is 3.16. The number of amides is 2. The Morgan fingerprint density at radius 1 is 1.14 bits per heavy atom. The highest BCUT2D eigenvalue weighted by Crippen LogP contribution is 2.21. The number of hydrogen-bond donors (Lipinski definition) is 2. The first-order valence-electron chi connectivity index (χ1n) is 9.07. The Bertz CT molecular complexity index is 862. The van der Waals surface area contributed by atoms with Crippen molar-refractivity contribution in [2.24, 2.45) is 0 Å². The molecular weight excluding hydrogens is 363 g/mol. The molecule has 28 heavy (non-hydrogen) atoms. The van der Waals surface area contributed by atoms with Gasteiger partial charge in [-0.1, -0.05) is 0 Å². The minimum atomic E-state index is -0.576. The highest BCUT2D eigenvalue weighted by Gasteiger charge is 2.23. The molecule has 1 aliphatic heterocycles. The van der Waals surface area contributed by atoms with E-state index in [4.69, 9.17) is 4.74 Å². The highest BCUT2D eigenvalue weighted by molar-refractivity contribution is 6.04. The summed E-state index contributed by atoms with van der Waals surface area (Å²) >= 11 is 0. The summed E-state index contributed by atoms with van der Waals surface area (Å²) < 4.78 is 19.4. The normalized spacial score (nSPS) is 19.2. The first kappa shape index (κ1) is 19.8. The van der Waals surface area contributed by atoms with Crippen molar-refractivity contribution in [3.8, 4) is 0 Å². The highest BCUT2D eigenvalue weighted by atomic mass is 19.1. The molecule has 2 atom stereocenters. The molecule has 0 bridgehead atoms. The SMILES string of the molecule is CC(=O)Nc1cc(NC(=O)c2ccc(N3C[C@H](C)O[C@@H](C)C3)nc2)ccc1F. The van der Waals surface area contributed by atoms with E-state index >= 15 is 0 Å². The Labute approximate surface area is 162 Å². The lowest BCUT2D eigenvalue weighted by atomic mass is 10.2. The van der Waals surface area contributed by atoms with E-state index in [-0.39, 0.29) is 23.8 Å². The molecule has 1 aliphatic rings. The van der Waals surface area contributed by atoms with Gasteiger partial charge in [0.15, 0.2) is 0 Å². The van der Waals surface area contributed by atoms with E-state index < -0.39 is 11.7 Å². The maximum absolute atomic E-state index is 13.7. The molecule has 7 nitrogen and oxygen atoms in total. The fourth-order valence-corrected chi connectivity index (χ4v) is 3.16. The number of anilines is 3.